The number of rotatable bonds is 4. The summed E-state index contributed by atoms with van der Waals surface area (Å²) in [5, 5.41) is 4.82. The molecule has 3 aromatic carbocycles. The Morgan fingerprint density at radius 2 is 1.58 bits per heavy atom. The molecule has 1 N–H and O–H groups in total. The van der Waals surface area contributed by atoms with Crippen molar-refractivity contribution < 1.29 is 9.26 Å². The molecule has 0 saturated carbocycles. The monoisotopic (exact) mass is 430 g/mol. The predicted octanol–water partition coefficient (Wildman–Crippen LogP) is 6.23. The number of halogens is 1. The molecule has 0 radical (unpaired) electrons. The summed E-state index contributed by atoms with van der Waals surface area (Å²) in [6.45, 7) is 3.99. The van der Waals surface area contributed by atoms with Crippen molar-refractivity contribution in [3.63, 3.8) is 0 Å². The van der Waals surface area contributed by atoms with Crippen LogP contribution < -0.4 is 4.74 Å². The number of hydrogen-bond donors (Lipinski definition) is 1. The number of H-pyrrole nitrogens is 1. The molecule has 0 aliphatic heterocycles. The summed E-state index contributed by atoms with van der Waals surface area (Å²) in [5.74, 6) is 2.65. The number of aromatic amines is 1. The average Bonchev–Trinajstić information content (AvgIpc) is 3.41. The minimum Gasteiger partial charge on any atom is -0.496 e. The van der Waals surface area contributed by atoms with Gasteiger partial charge in [-0.1, -0.05) is 41.0 Å². The maximum Gasteiger partial charge on any atom is 0.258 e. The van der Waals surface area contributed by atoms with Crippen LogP contribution in [0.3, 0.4) is 0 Å². The highest BCUT2D eigenvalue weighted by molar-refractivity contribution is 6.31. The van der Waals surface area contributed by atoms with Gasteiger partial charge in [0.2, 0.25) is 5.82 Å². The van der Waals surface area contributed by atoms with E-state index in [0.29, 0.717) is 16.7 Å². The number of ether oxygens (including phenoxy) is 1. The quantitative estimate of drug-likeness (QED) is 0.366. The lowest BCUT2D eigenvalue weighted by Crippen LogP contribution is -1.92. The van der Waals surface area contributed by atoms with E-state index in [-0.39, 0.29) is 0 Å². The van der Waals surface area contributed by atoms with E-state index < -0.39 is 0 Å². The molecule has 0 amide bonds. The molecule has 2 heterocycles. The summed E-state index contributed by atoms with van der Waals surface area (Å²) in [6, 6.07) is 17.4. The van der Waals surface area contributed by atoms with E-state index in [4.69, 9.17) is 20.9 Å². The van der Waals surface area contributed by atoms with Crippen molar-refractivity contribution in [3.8, 4) is 40.0 Å². The number of aryl methyl sites for hydroxylation is 2. The van der Waals surface area contributed by atoms with Crippen LogP contribution in [0.25, 0.3) is 45.3 Å². The normalized spacial score (nSPS) is 11.2. The number of nitrogens with zero attached hydrogens (tertiary/aromatic N) is 3. The topological polar surface area (TPSA) is 76.8 Å². The number of fused-ring (bicyclic) bond motifs is 1. The Labute approximate surface area is 183 Å². The van der Waals surface area contributed by atoms with Gasteiger partial charge in [0.15, 0.2) is 0 Å². The third-order valence-corrected chi connectivity index (χ3v) is 5.43. The van der Waals surface area contributed by atoms with Gasteiger partial charge in [0, 0.05) is 21.7 Å². The SMILES string of the molecule is COc1c(C)cc(-c2nc(-c3ccc(-c4nc5cc(Cl)ccc5[nH]4)cc3)no2)cc1C. The number of methoxy groups -OCH3 is 1. The second-order valence-electron chi connectivity index (χ2n) is 7.39. The van der Waals surface area contributed by atoms with Crippen LogP contribution >= 0.6 is 11.6 Å². The van der Waals surface area contributed by atoms with Gasteiger partial charge in [0.25, 0.3) is 5.89 Å². The molecular weight excluding hydrogens is 412 g/mol. The number of benzene rings is 3. The molecule has 0 saturated heterocycles. The summed E-state index contributed by atoms with van der Waals surface area (Å²) in [5.41, 5.74) is 6.51. The Kier molecular flexibility index (Phi) is 4.71. The second-order valence-corrected chi connectivity index (χ2v) is 7.83. The van der Waals surface area contributed by atoms with Gasteiger partial charge in [-0.2, -0.15) is 4.98 Å². The molecule has 0 spiro atoms. The fourth-order valence-electron chi connectivity index (χ4n) is 3.75. The van der Waals surface area contributed by atoms with Gasteiger partial charge in [-0.25, -0.2) is 4.98 Å². The van der Waals surface area contributed by atoms with Crippen LogP contribution in [0.4, 0.5) is 0 Å². The molecule has 0 fully saturated rings. The average molecular weight is 431 g/mol. The van der Waals surface area contributed by atoms with E-state index in [9.17, 15) is 0 Å². The molecule has 0 unspecified atom stereocenters. The van der Waals surface area contributed by atoms with Crippen LogP contribution in [0.5, 0.6) is 5.75 Å². The lowest BCUT2D eigenvalue weighted by Gasteiger charge is -2.09. The summed E-state index contributed by atoms with van der Waals surface area (Å²) in [7, 11) is 1.67. The van der Waals surface area contributed by atoms with Crippen molar-refractivity contribution in [2.45, 2.75) is 13.8 Å². The van der Waals surface area contributed by atoms with Gasteiger partial charge in [0.05, 0.1) is 18.1 Å². The summed E-state index contributed by atoms with van der Waals surface area (Å²) in [4.78, 5) is 12.5. The Hall–Kier alpha value is -3.64. The molecule has 0 atom stereocenters. The minimum atomic E-state index is 0.474. The van der Waals surface area contributed by atoms with Gasteiger partial charge in [0.1, 0.15) is 11.6 Å². The Morgan fingerprint density at radius 1 is 0.871 bits per heavy atom. The number of aromatic nitrogens is 4. The van der Waals surface area contributed by atoms with Crippen LogP contribution in [-0.4, -0.2) is 27.2 Å². The Morgan fingerprint density at radius 3 is 2.29 bits per heavy atom. The van der Waals surface area contributed by atoms with Crippen LogP contribution in [-0.2, 0) is 0 Å². The van der Waals surface area contributed by atoms with E-state index in [2.05, 4.69) is 20.1 Å². The Balaban J connectivity index is 1.43. The van der Waals surface area contributed by atoms with E-state index in [0.717, 1.165) is 50.4 Å². The summed E-state index contributed by atoms with van der Waals surface area (Å²) in [6.07, 6.45) is 0. The van der Waals surface area contributed by atoms with Crippen LogP contribution in [0.15, 0.2) is 59.1 Å². The molecule has 154 valence electrons. The second kappa shape index (κ2) is 7.56. The zero-order valence-electron chi connectivity index (χ0n) is 17.2. The maximum absolute atomic E-state index is 6.06. The van der Waals surface area contributed by atoms with E-state index in [1.807, 2.05) is 68.4 Å². The molecule has 5 rings (SSSR count). The molecule has 0 aliphatic carbocycles. The molecular formula is C24H19ClN4O2. The first-order valence-electron chi connectivity index (χ1n) is 9.77. The highest BCUT2D eigenvalue weighted by Crippen LogP contribution is 2.31. The lowest BCUT2D eigenvalue weighted by atomic mass is 10.1. The van der Waals surface area contributed by atoms with Crippen molar-refractivity contribution >= 4 is 22.6 Å². The Bertz CT molecular complexity index is 1380. The van der Waals surface area contributed by atoms with Gasteiger partial charge in [-0.15, -0.1) is 0 Å². The molecule has 31 heavy (non-hydrogen) atoms. The van der Waals surface area contributed by atoms with Crippen LogP contribution in [0, 0.1) is 13.8 Å². The molecule has 0 aliphatic rings. The van der Waals surface area contributed by atoms with Gasteiger partial charge in [-0.05, 0) is 55.3 Å². The van der Waals surface area contributed by atoms with E-state index in [1.165, 1.54) is 0 Å². The molecule has 5 aromatic rings. The van der Waals surface area contributed by atoms with Crippen molar-refractivity contribution in [1.82, 2.24) is 20.1 Å². The molecule has 6 nitrogen and oxygen atoms in total. The maximum atomic E-state index is 6.06. The van der Waals surface area contributed by atoms with Crippen molar-refractivity contribution in [2.24, 2.45) is 0 Å². The van der Waals surface area contributed by atoms with E-state index >= 15 is 0 Å². The lowest BCUT2D eigenvalue weighted by molar-refractivity contribution is 0.408. The van der Waals surface area contributed by atoms with Crippen LogP contribution in [0.1, 0.15) is 11.1 Å². The third kappa shape index (κ3) is 3.55. The number of nitrogens with one attached hydrogen (secondary N) is 1. The standard InChI is InChI=1S/C24H19ClN4O2/c1-13-10-17(11-14(2)21(13)30-3)24-28-23(29-31-24)16-6-4-15(5-7-16)22-26-19-9-8-18(25)12-20(19)27-22/h4-12H,1-3H3,(H,26,27). The first-order valence-corrected chi connectivity index (χ1v) is 10.1. The largest absolute Gasteiger partial charge is 0.496 e. The highest BCUT2D eigenvalue weighted by Gasteiger charge is 2.14. The molecule has 0 bridgehead atoms. The molecule has 7 heteroatoms. The summed E-state index contributed by atoms with van der Waals surface area (Å²) < 4.78 is 11.0. The molecule has 2 aromatic heterocycles. The van der Waals surface area contributed by atoms with Crippen LogP contribution in [0.2, 0.25) is 5.02 Å². The zero-order valence-corrected chi connectivity index (χ0v) is 18.0. The van der Waals surface area contributed by atoms with Crippen molar-refractivity contribution in [1.29, 1.82) is 0 Å². The van der Waals surface area contributed by atoms with Gasteiger partial charge >= 0.3 is 0 Å². The smallest absolute Gasteiger partial charge is 0.258 e. The van der Waals surface area contributed by atoms with Gasteiger partial charge in [-0.3, -0.25) is 0 Å². The first kappa shape index (κ1) is 19.3. The minimum absolute atomic E-state index is 0.474. The predicted molar refractivity (Wildman–Crippen MR) is 121 cm³/mol. The third-order valence-electron chi connectivity index (χ3n) is 5.20. The van der Waals surface area contributed by atoms with Gasteiger partial charge < -0.3 is 14.2 Å². The van der Waals surface area contributed by atoms with E-state index in [1.54, 1.807) is 7.11 Å². The summed E-state index contributed by atoms with van der Waals surface area (Å²) >= 11 is 6.06. The zero-order chi connectivity index (χ0) is 21.5. The first-order chi connectivity index (χ1) is 15.0. The van der Waals surface area contributed by atoms with Crippen molar-refractivity contribution in [3.05, 3.63) is 70.7 Å². The number of hydrogen-bond acceptors (Lipinski definition) is 5. The van der Waals surface area contributed by atoms with Crippen molar-refractivity contribution in [2.75, 3.05) is 7.11 Å². The fourth-order valence-corrected chi connectivity index (χ4v) is 3.91. The fraction of sp³-hybridized carbons (Fsp3) is 0.125. The highest BCUT2D eigenvalue weighted by atomic mass is 35.5. The number of imidazole rings is 1.